The van der Waals surface area contributed by atoms with Gasteiger partial charge < -0.3 is 9.80 Å². The Morgan fingerprint density at radius 3 is 2.52 bits per heavy atom. The second-order valence-electron chi connectivity index (χ2n) is 8.14. The van der Waals surface area contributed by atoms with Gasteiger partial charge in [0.15, 0.2) is 0 Å². The molecule has 1 aromatic rings. The first-order valence-electron chi connectivity index (χ1n) is 10.2. The number of aromatic nitrogens is 2. The summed E-state index contributed by atoms with van der Waals surface area (Å²) in [5.41, 5.74) is 2.76. The van der Waals surface area contributed by atoms with Crippen molar-refractivity contribution in [2.45, 2.75) is 57.9 Å². The number of hydrogen-bond acceptors (Lipinski definition) is 5. The van der Waals surface area contributed by atoms with Crippen LogP contribution < -0.4 is 4.90 Å². The van der Waals surface area contributed by atoms with E-state index in [1.807, 2.05) is 6.92 Å². The van der Waals surface area contributed by atoms with Gasteiger partial charge in [-0.1, -0.05) is 6.42 Å². The van der Waals surface area contributed by atoms with E-state index in [0.717, 1.165) is 37.8 Å². The number of likely N-dealkylation sites (N-methyl/N-ethyl adjacent to an activating group) is 1. The van der Waals surface area contributed by atoms with Crippen molar-refractivity contribution in [3.05, 3.63) is 17.1 Å². The zero-order chi connectivity index (χ0) is 17.2. The number of aryl methyl sites for hydroxylation is 2. The molecular weight excluding hydrogens is 310 g/mol. The fraction of sp³-hybridized carbons (Fsp3) is 0.800. The largest absolute Gasteiger partial charge is 0.354 e. The zero-order valence-electron chi connectivity index (χ0n) is 16.0. The Hall–Kier alpha value is -1.20. The summed E-state index contributed by atoms with van der Waals surface area (Å²) >= 11 is 0. The lowest BCUT2D eigenvalue weighted by atomic mass is 9.96. The number of hydrogen-bond donors (Lipinski definition) is 0. The predicted molar refractivity (Wildman–Crippen MR) is 102 cm³/mol. The van der Waals surface area contributed by atoms with E-state index in [4.69, 9.17) is 9.97 Å². The molecule has 1 atom stereocenters. The van der Waals surface area contributed by atoms with Gasteiger partial charge in [0.25, 0.3) is 0 Å². The van der Waals surface area contributed by atoms with Gasteiger partial charge in [0.05, 0.1) is 0 Å². The SMILES string of the molecule is Cc1nc2c(c(N3CCN(CC4CCCCN4C)CC3)n1)CCCC2. The molecule has 2 aliphatic heterocycles. The van der Waals surface area contributed by atoms with Crippen LogP contribution in [0.25, 0.3) is 0 Å². The second kappa shape index (κ2) is 7.58. The van der Waals surface area contributed by atoms with Crippen LogP contribution in [0.2, 0.25) is 0 Å². The number of likely N-dealkylation sites (tertiary alicyclic amines) is 1. The molecule has 0 radical (unpaired) electrons. The van der Waals surface area contributed by atoms with Crippen LogP contribution in [0.15, 0.2) is 0 Å². The molecule has 5 nitrogen and oxygen atoms in total. The quantitative estimate of drug-likeness (QED) is 0.841. The minimum Gasteiger partial charge on any atom is -0.354 e. The third kappa shape index (κ3) is 3.82. The summed E-state index contributed by atoms with van der Waals surface area (Å²) in [5.74, 6) is 2.19. The predicted octanol–water partition coefficient (Wildman–Crippen LogP) is 2.27. The van der Waals surface area contributed by atoms with Crippen LogP contribution in [-0.4, -0.2) is 72.1 Å². The van der Waals surface area contributed by atoms with Gasteiger partial charge in [-0.05, 0) is 59.0 Å². The molecule has 2 saturated heterocycles. The second-order valence-corrected chi connectivity index (χ2v) is 8.14. The molecule has 1 aliphatic carbocycles. The standard InChI is InChI=1S/C20H33N5/c1-16-21-19-9-4-3-8-18(19)20(22-16)25-13-11-24(12-14-25)15-17-7-5-6-10-23(17)2/h17H,3-15H2,1-2H3. The molecule has 4 rings (SSSR count). The van der Waals surface area contributed by atoms with Crippen LogP contribution >= 0.6 is 0 Å². The number of rotatable bonds is 3. The van der Waals surface area contributed by atoms with Crippen molar-refractivity contribution in [3.8, 4) is 0 Å². The van der Waals surface area contributed by atoms with Gasteiger partial charge in [-0.15, -0.1) is 0 Å². The normalized spacial score (nSPS) is 25.8. The van der Waals surface area contributed by atoms with E-state index >= 15 is 0 Å². The van der Waals surface area contributed by atoms with Gasteiger partial charge in [-0.25, -0.2) is 9.97 Å². The Balaban J connectivity index is 1.40. The maximum atomic E-state index is 4.85. The minimum atomic E-state index is 0.759. The van der Waals surface area contributed by atoms with Gasteiger partial charge in [-0.3, -0.25) is 4.90 Å². The third-order valence-corrected chi connectivity index (χ3v) is 6.34. The van der Waals surface area contributed by atoms with Gasteiger partial charge in [0.1, 0.15) is 11.6 Å². The van der Waals surface area contributed by atoms with Gasteiger partial charge in [0.2, 0.25) is 0 Å². The zero-order valence-corrected chi connectivity index (χ0v) is 16.0. The molecular formula is C20H33N5. The lowest BCUT2D eigenvalue weighted by Crippen LogP contribution is -2.52. The van der Waals surface area contributed by atoms with Crippen LogP contribution in [0.5, 0.6) is 0 Å². The van der Waals surface area contributed by atoms with E-state index in [1.165, 1.54) is 75.4 Å². The van der Waals surface area contributed by atoms with Gasteiger partial charge in [-0.2, -0.15) is 0 Å². The van der Waals surface area contributed by atoms with E-state index in [1.54, 1.807) is 0 Å². The van der Waals surface area contributed by atoms with Crippen LogP contribution in [0.4, 0.5) is 5.82 Å². The maximum absolute atomic E-state index is 4.85. The number of piperazine rings is 1. The Morgan fingerprint density at radius 2 is 1.72 bits per heavy atom. The van der Waals surface area contributed by atoms with Crippen molar-refractivity contribution in [2.24, 2.45) is 0 Å². The summed E-state index contributed by atoms with van der Waals surface area (Å²) in [5, 5.41) is 0. The van der Waals surface area contributed by atoms with Crippen LogP contribution in [0.3, 0.4) is 0 Å². The van der Waals surface area contributed by atoms with Crippen molar-refractivity contribution >= 4 is 5.82 Å². The first kappa shape index (κ1) is 17.2. The molecule has 0 spiro atoms. The number of piperidine rings is 1. The Bertz CT molecular complexity index is 594. The summed E-state index contributed by atoms with van der Waals surface area (Å²) in [6, 6.07) is 0.759. The number of nitrogens with zero attached hydrogens (tertiary/aromatic N) is 5. The van der Waals surface area contributed by atoms with E-state index in [9.17, 15) is 0 Å². The molecule has 0 saturated carbocycles. The summed E-state index contributed by atoms with van der Waals surface area (Å²) in [6.45, 7) is 9.12. The van der Waals surface area contributed by atoms with E-state index < -0.39 is 0 Å². The highest BCUT2D eigenvalue weighted by Gasteiger charge is 2.27. The maximum Gasteiger partial charge on any atom is 0.135 e. The van der Waals surface area contributed by atoms with Crippen molar-refractivity contribution < 1.29 is 0 Å². The number of fused-ring (bicyclic) bond motifs is 1. The van der Waals surface area contributed by atoms with Crippen molar-refractivity contribution in [2.75, 3.05) is 51.2 Å². The fourth-order valence-electron chi connectivity index (χ4n) is 4.77. The molecule has 5 heteroatoms. The average Bonchev–Trinajstić information content (AvgIpc) is 2.63. The van der Waals surface area contributed by atoms with E-state index in [0.29, 0.717) is 0 Å². The van der Waals surface area contributed by atoms with Crippen LogP contribution in [-0.2, 0) is 12.8 Å². The lowest BCUT2D eigenvalue weighted by molar-refractivity contribution is 0.124. The van der Waals surface area contributed by atoms with Crippen LogP contribution in [0.1, 0.15) is 49.2 Å². The summed E-state index contributed by atoms with van der Waals surface area (Å²) in [6.07, 6.45) is 9.03. The molecule has 0 aromatic carbocycles. The molecule has 0 bridgehead atoms. The molecule has 138 valence electrons. The van der Waals surface area contributed by atoms with Gasteiger partial charge >= 0.3 is 0 Å². The first-order valence-corrected chi connectivity index (χ1v) is 10.2. The summed E-state index contributed by atoms with van der Waals surface area (Å²) in [7, 11) is 2.30. The molecule has 2 fully saturated rings. The first-order chi connectivity index (χ1) is 12.2. The molecule has 3 heterocycles. The average molecular weight is 344 g/mol. The van der Waals surface area contributed by atoms with Crippen molar-refractivity contribution in [3.63, 3.8) is 0 Å². The number of anilines is 1. The minimum absolute atomic E-state index is 0.759. The Kier molecular flexibility index (Phi) is 5.23. The summed E-state index contributed by atoms with van der Waals surface area (Å²) < 4.78 is 0. The van der Waals surface area contributed by atoms with Gasteiger partial charge in [0, 0.05) is 50.0 Å². The summed E-state index contributed by atoms with van der Waals surface area (Å²) in [4.78, 5) is 17.3. The van der Waals surface area contributed by atoms with Crippen molar-refractivity contribution in [1.29, 1.82) is 0 Å². The lowest BCUT2D eigenvalue weighted by Gasteiger charge is -2.41. The Morgan fingerprint density at radius 1 is 0.920 bits per heavy atom. The van der Waals surface area contributed by atoms with E-state index in [-0.39, 0.29) is 0 Å². The highest BCUT2D eigenvalue weighted by molar-refractivity contribution is 5.50. The molecule has 1 unspecified atom stereocenters. The highest BCUT2D eigenvalue weighted by Crippen LogP contribution is 2.28. The molecule has 0 amide bonds. The van der Waals surface area contributed by atoms with E-state index in [2.05, 4.69) is 21.7 Å². The smallest absolute Gasteiger partial charge is 0.135 e. The molecule has 1 aromatic heterocycles. The molecule has 25 heavy (non-hydrogen) atoms. The topological polar surface area (TPSA) is 35.5 Å². The van der Waals surface area contributed by atoms with Crippen molar-refractivity contribution in [1.82, 2.24) is 19.8 Å². The molecule has 3 aliphatic rings. The Labute approximate surface area is 152 Å². The van der Waals surface area contributed by atoms with Crippen LogP contribution in [0, 0.1) is 6.92 Å². The third-order valence-electron chi connectivity index (χ3n) is 6.34. The fourth-order valence-corrected chi connectivity index (χ4v) is 4.77. The molecule has 0 N–H and O–H groups in total. The highest BCUT2D eigenvalue weighted by atomic mass is 15.3. The monoisotopic (exact) mass is 343 g/mol.